The van der Waals surface area contributed by atoms with Gasteiger partial charge in [-0.25, -0.2) is 9.97 Å². The van der Waals surface area contributed by atoms with Gasteiger partial charge in [0.1, 0.15) is 17.7 Å². The van der Waals surface area contributed by atoms with Crippen molar-refractivity contribution in [3.63, 3.8) is 0 Å². The molecule has 1 atom stereocenters. The van der Waals surface area contributed by atoms with Gasteiger partial charge in [0.05, 0.1) is 12.3 Å². The van der Waals surface area contributed by atoms with Gasteiger partial charge >= 0.3 is 0 Å². The van der Waals surface area contributed by atoms with Gasteiger partial charge < -0.3 is 24.0 Å². The van der Waals surface area contributed by atoms with Gasteiger partial charge in [0.25, 0.3) is 5.91 Å². The summed E-state index contributed by atoms with van der Waals surface area (Å²) < 4.78 is 19.5. The van der Waals surface area contributed by atoms with Crippen LogP contribution in [0.5, 0.6) is 17.2 Å². The third-order valence-electron chi connectivity index (χ3n) is 7.21. The highest BCUT2D eigenvalue weighted by molar-refractivity contribution is 5.84. The highest BCUT2D eigenvalue weighted by Crippen LogP contribution is 2.42. The van der Waals surface area contributed by atoms with E-state index in [-0.39, 0.29) is 11.5 Å². The number of fused-ring (bicyclic) bond motifs is 2. The number of rotatable bonds is 7. The van der Waals surface area contributed by atoms with E-state index >= 15 is 0 Å². The zero-order valence-electron chi connectivity index (χ0n) is 23.2. The third-order valence-corrected chi connectivity index (χ3v) is 7.21. The molecule has 0 saturated carbocycles. The molecule has 2 aromatic heterocycles. The lowest BCUT2D eigenvalue weighted by Gasteiger charge is -2.36. The van der Waals surface area contributed by atoms with E-state index in [0.29, 0.717) is 55.5 Å². The van der Waals surface area contributed by atoms with E-state index in [1.54, 1.807) is 11.6 Å². The lowest BCUT2D eigenvalue weighted by Crippen LogP contribution is -2.52. The summed E-state index contributed by atoms with van der Waals surface area (Å²) in [5, 5.41) is 8.74. The maximum Gasteiger partial charge on any atom is 0.263 e. The smallest absolute Gasteiger partial charge is 0.263 e. The molecular formula is C29H33N7O4. The Kier molecular flexibility index (Phi) is 6.65. The number of piperazine rings is 1. The van der Waals surface area contributed by atoms with Crippen molar-refractivity contribution in [2.75, 3.05) is 37.7 Å². The fraction of sp³-hybridized carbons (Fsp3) is 0.414. The van der Waals surface area contributed by atoms with Crippen molar-refractivity contribution in [2.24, 2.45) is 0 Å². The molecule has 0 radical (unpaired) electrons. The number of anilines is 1. The number of hydrogen-bond donors (Lipinski definition) is 0. The molecule has 4 aromatic rings. The summed E-state index contributed by atoms with van der Waals surface area (Å²) >= 11 is 0. The molecule has 1 amide bonds. The van der Waals surface area contributed by atoms with E-state index in [2.05, 4.69) is 39.0 Å². The fourth-order valence-electron chi connectivity index (χ4n) is 5.31. The van der Waals surface area contributed by atoms with E-state index in [1.807, 2.05) is 54.3 Å². The summed E-state index contributed by atoms with van der Waals surface area (Å²) in [6.45, 7) is 10.8. The number of ether oxygens (including phenoxy) is 3. The normalized spacial score (nSPS) is 16.9. The van der Waals surface area contributed by atoms with Crippen LogP contribution in [0.25, 0.3) is 16.9 Å². The minimum absolute atomic E-state index is 0.0520. The number of para-hydroxylation sites is 1. The maximum absolute atomic E-state index is 13.3. The Labute approximate surface area is 232 Å². The zero-order chi connectivity index (χ0) is 27.9. The summed E-state index contributed by atoms with van der Waals surface area (Å²) in [5.74, 6) is 2.80. The van der Waals surface area contributed by atoms with E-state index in [4.69, 9.17) is 14.2 Å². The quantitative estimate of drug-likeness (QED) is 0.346. The number of benzene rings is 2. The Balaban J connectivity index is 1.12. The van der Waals surface area contributed by atoms with Gasteiger partial charge in [-0.05, 0) is 58.0 Å². The Hall–Kier alpha value is -4.41. The van der Waals surface area contributed by atoms with Gasteiger partial charge in [0.2, 0.25) is 0 Å². The van der Waals surface area contributed by atoms with Crippen molar-refractivity contribution >= 4 is 22.9 Å². The second-order valence-electron chi connectivity index (χ2n) is 10.7. The number of amides is 1. The molecule has 2 aromatic carbocycles. The van der Waals surface area contributed by atoms with Crippen LogP contribution in [0.2, 0.25) is 0 Å². The number of aromatic nitrogens is 5. The molecule has 6 rings (SSSR count). The molecule has 1 unspecified atom stereocenters. The van der Waals surface area contributed by atoms with Crippen LogP contribution in [0, 0.1) is 0 Å². The number of carbonyl (C=O) groups is 1. The summed E-state index contributed by atoms with van der Waals surface area (Å²) in [6.07, 6.45) is 1.71. The maximum atomic E-state index is 13.3. The van der Waals surface area contributed by atoms with E-state index in [1.165, 1.54) is 6.33 Å². The molecule has 1 saturated heterocycles. The topological polar surface area (TPSA) is 108 Å². The summed E-state index contributed by atoms with van der Waals surface area (Å²) in [4.78, 5) is 26.2. The Bertz CT molecular complexity index is 1530. The minimum Gasteiger partial charge on any atom is -0.494 e. The van der Waals surface area contributed by atoms with Gasteiger partial charge in [-0.2, -0.15) is 4.68 Å². The van der Waals surface area contributed by atoms with Gasteiger partial charge in [-0.3, -0.25) is 4.79 Å². The van der Waals surface area contributed by atoms with E-state index in [9.17, 15) is 4.79 Å². The van der Waals surface area contributed by atoms with Crippen LogP contribution < -0.4 is 19.1 Å². The van der Waals surface area contributed by atoms with Crippen LogP contribution in [0.3, 0.4) is 0 Å². The van der Waals surface area contributed by atoms with Gasteiger partial charge in [-0.1, -0.05) is 17.3 Å². The fourth-order valence-corrected chi connectivity index (χ4v) is 5.31. The first kappa shape index (κ1) is 25.8. The average molecular weight is 544 g/mol. The molecule has 208 valence electrons. The number of hydrogen-bond acceptors (Lipinski definition) is 9. The molecular weight excluding hydrogens is 510 g/mol. The van der Waals surface area contributed by atoms with Crippen LogP contribution in [0.15, 0.2) is 48.8 Å². The Morgan fingerprint density at radius 1 is 1.07 bits per heavy atom. The molecule has 11 nitrogen and oxygen atoms in total. The van der Waals surface area contributed by atoms with Gasteiger partial charge in [0, 0.05) is 38.2 Å². The van der Waals surface area contributed by atoms with E-state index < -0.39 is 6.10 Å². The zero-order valence-corrected chi connectivity index (χ0v) is 23.2. The molecule has 40 heavy (non-hydrogen) atoms. The molecule has 1 fully saturated rings. The lowest BCUT2D eigenvalue weighted by atomic mass is 10.0. The Morgan fingerprint density at radius 2 is 1.85 bits per heavy atom. The van der Waals surface area contributed by atoms with Crippen molar-refractivity contribution in [2.45, 2.75) is 45.8 Å². The number of carbonyl (C=O) groups excluding carboxylic acids is 1. The SMILES string of the molecule is CCOc1ccc(-n2nnc3c(N4CCN(C(=O)C(C)Oc5cccc6c5OC(C)(C)C6)CC4)ncnc32)cc1. The second-order valence-corrected chi connectivity index (χ2v) is 10.7. The first-order chi connectivity index (χ1) is 19.3. The van der Waals surface area contributed by atoms with E-state index in [0.717, 1.165) is 29.2 Å². The summed E-state index contributed by atoms with van der Waals surface area (Å²) in [7, 11) is 0. The molecule has 4 heterocycles. The first-order valence-electron chi connectivity index (χ1n) is 13.6. The molecule has 2 aliphatic rings. The summed E-state index contributed by atoms with van der Waals surface area (Å²) in [6, 6.07) is 13.5. The van der Waals surface area contributed by atoms with Gasteiger partial charge in [-0.15, -0.1) is 5.10 Å². The first-order valence-corrected chi connectivity index (χ1v) is 13.6. The standard InChI is InChI=1S/C29H33N7O4/c1-5-38-22-11-9-21(10-12-22)36-27-24(32-33-36)26(30-18-31-27)34-13-15-35(16-14-34)28(37)19(2)39-23-8-6-7-20-17-29(3,4)40-25(20)23/h6-12,18-19H,5,13-17H2,1-4H3. The molecule has 0 bridgehead atoms. The number of nitrogens with zero attached hydrogens (tertiary/aromatic N) is 7. The molecule has 11 heteroatoms. The van der Waals surface area contributed by atoms with Crippen molar-refractivity contribution < 1.29 is 19.0 Å². The van der Waals surface area contributed by atoms with Crippen LogP contribution in [-0.2, 0) is 11.2 Å². The van der Waals surface area contributed by atoms with Gasteiger partial charge in [0.15, 0.2) is 34.6 Å². The highest BCUT2D eigenvalue weighted by Gasteiger charge is 2.34. The van der Waals surface area contributed by atoms with Crippen molar-refractivity contribution in [1.82, 2.24) is 29.9 Å². The highest BCUT2D eigenvalue weighted by atomic mass is 16.5. The molecule has 0 aliphatic carbocycles. The van der Waals surface area contributed by atoms with Crippen molar-refractivity contribution in [3.8, 4) is 22.9 Å². The van der Waals surface area contributed by atoms with Crippen LogP contribution in [0.1, 0.15) is 33.3 Å². The lowest BCUT2D eigenvalue weighted by molar-refractivity contribution is -0.138. The Morgan fingerprint density at radius 3 is 2.60 bits per heavy atom. The average Bonchev–Trinajstić information content (AvgIpc) is 3.53. The predicted molar refractivity (Wildman–Crippen MR) is 149 cm³/mol. The second kappa shape index (κ2) is 10.3. The molecule has 0 spiro atoms. The van der Waals surface area contributed by atoms with Crippen LogP contribution in [0.4, 0.5) is 5.82 Å². The largest absolute Gasteiger partial charge is 0.494 e. The monoisotopic (exact) mass is 543 g/mol. The van der Waals surface area contributed by atoms with Crippen molar-refractivity contribution in [1.29, 1.82) is 0 Å². The molecule has 2 aliphatic heterocycles. The van der Waals surface area contributed by atoms with Crippen LogP contribution >= 0.6 is 0 Å². The minimum atomic E-state index is -0.634. The third kappa shape index (κ3) is 4.87. The summed E-state index contributed by atoms with van der Waals surface area (Å²) in [5.41, 5.74) is 2.89. The predicted octanol–water partition coefficient (Wildman–Crippen LogP) is 3.44. The molecule has 0 N–H and O–H groups in total. The van der Waals surface area contributed by atoms with Crippen molar-refractivity contribution in [3.05, 3.63) is 54.4 Å². The van der Waals surface area contributed by atoms with Crippen LogP contribution in [-0.4, -0.2) is 80.3 Å².